The first kappa shape index (κ1) is 21.2. The molecule has 0 spiro atoms. The predicted octanol–water partition coefficient (Wildman–Crippen LogP) is 3.51. The summed E-state index contributed by atoms with van der Waals surface area (Å²) >= 11 is 0. The summed E-state index contributed by atoms with van der Waals surface area (Å²) in [6.45, 7) is 6.90. The number of Topliss-reactive ketones (excluding diaryl/α,β-unsaturated/α-hetero) is 1. The number of aliphatic hydroxyl groups is 1. The molecular formula is C19H26F2O4. The van der Waals surface area contributed by atoms with Crippen molar-refractivity contribution in [1.29, 1.82) is 0 Å². The lowest BCUT2D eigenvalue weighted by atomic mass is 9.80. The minimum absolute atomic E-state index is 0.156. The van der Waals surface area contributed by atoms with E-state index in [0.717, 1.165) is 6.07 Å². The Morgan fingerprint density at radius 2 is 1.92 bits per heavy atom. The maximum absolute atomic E-state index is 13.6. The molecule has 0 amide bonds. The molecule has 0 fully saturated rings. The van der Waals surface area contributed by atoms with Crippen LogP contribution in [-0.4, -0.2) is 29.1 Å². The van der Waals surface area contributed by atoms with E-state index in [0.29, 0.717) is 11.1 Å². The molecule has 1 aromatic carbocycles. The van der Waals surface area contributed by atoms with Gasteiger partial charge in [0.1, 0.15) is 23.8 Å². The van der Waals surface area contributed by atoms with Crippen LogP contribution in [0.15, 0.2) is 12.1 Å². The standard InChI is InChI=1S/C19H26F2O4/c1-5-25-18(23)10-16(22)11-19(24,12(2)3)7-6-14-8-15(20)9-17(21)13(14)4/h8-9,12,24H,5-7,10-11H2,1-4H3/t19-/m0/s1. The number of rotatable bonds is 9. The predicted molar refractivity (Wildman–Crippen MR) is 90.1 cm³/mol. The number of aryl methyl sites for hydroxylation is 1. The molecule has 1 rings (SSSR count). The zero-order valence-corrected chi connectivity index (χ0v) is 15.2. The number of hydrogen-bond donors (Lipinski definition) is 1. The smallest absolute Gasteiger partial charge is 0.313 e. The highest BCUT2D eigenvalue weighted by Crippen LogP contribution is 2.29. The summed E-state index contributed by atoms with van der Waals surface area (Å²) in [4.78, 5) is 23.5. The molecule has 0 aliphatic carbocycles. The second-order valence-corrected chi connectivity index (χ2v) is 6.63. The van der Waals surface area contributed by atoms with Crippen molar-refractivity contribution in [3.63, 3.8) is 0 Å². The minimum Gasteiger partial charge on any atom is -0.466 e. The Morgan fingerprint density at radius 3 is 2.48 bits per heavy atom. The molecule has 0 bridgehead atoms. The average molecular weight is 356 g/mol. The lowest BCUT2D eigenvalue weighted by Crippen LogP contribution is -2.38. The van der Waals surface area contributed by atoms with Crippen molar-refractivity contribution in [2.75, 3.05) is 6.61 Å². The second-order valence-electron chi connectivity index (χ2n) is 6.63. The Balaban J connectivity index is 2.82. The third-order valence-electron chi connectivity index (χ3n) is 4.47. The maximum Gasteiger partial charge on any atom is 0.313 e. The SMILES string of the molecule is CCOC(=O)CC(=O)C[C@@](O)(CCc1cc(F)cc(F)c1C)C(C)C. The Hall–Kier alpha value is -1.82. The van der Waals surface area contributed by atoms with Gasteiger partial charge in [0.25, 0.3) is 0 Å². The fraction of sp³-hybridized carbons (Fsp3) is 0.579. The van der Waals surface area contributed by atoms with Gasteiger partial charge in [-0.2, -0.15) is 0 Å². The molecule has 25 heavy (non-hydrogen) atoms. The summed E-state index contributed by atoms with van der Waals surface area (Å²) in [6.07, 6.45) is -0.221. The van der Waals surface area contributed by atoms with Crippen molar-refractivity contribution >= 4 is 11.8 Å². The van der Waals surface area contributed by atoms with E-state index in [4.69, 9.17) is 4.74 Å². The zero-order chi connectivity index (χ0) is 19.2. The summed E-state index contributed by atoms with van der Waals surface area (Å²) < 4.78 is 31.8. The highest BCUT2D eigenvalue weighted by molar-refractivity contribution is 5.95. The summed E-state index contributed by atoms with van der Waals surface area (Å²) in [6, 6.07) is 2.05. The zero-order valence-electron chi connectivity index (χ0n) is 15.2. The largest absolute Gasteiger partial charge is 0.466 e. The Kier molecular flexibility index (Phi) is 7.67. The second kappa shape index (κ2) is 9.04. The molecule has 4 nitrogen and oxygen atoms in total. The number of halogens is 2. The molecule has 0 radical (unpaired) electrons. The number of ketones is 1. The van der Waals surface area contributed by atoms with Gasteiger partial charge in [0, 0.05) is 12.5 Å². The summed E-state index contributed by atoms with van der Waals surface area (Å²) in [5.74, 6) is -2.62. The summed E-state index contributed by atoms with van der Waals surface area (Å²) in [5.41, 5.74) is -0.585. The van der Waals surface area contributed by atoms with Crippen LogP contribution in [0.1, 0.15) is 51.2 Å². The lowest BCUT2D eigenvalue weighted by molar-refractivity contribution is -0.146. The van der Waals surface area contributed by atoms with Gasteiger partial charge >= 0.3 is 5.97 Å². The summed E-state index contributed by atoms with van der Waals surface area (Å²) in [5, 5.41) is 10.8. The van der Waals surface area contributed by atoms with Gasteiger partial charge in [0.05, 0.1) is 12.2 Å². The molecule has 1 atom stereocenters. The van der Waals surface area contributed by atoms with Crippen LogP contribution in [0.4, 0.5) is 8.78 Å². The molecule has 6 heteroatoms. The molecule has 0 aromatic heterocycles. The van der Waals surface area contributed by atoms with Gasteiger partial charge in [-0.05, 0) is 49.8 Å². The van der Waals surface area contributed by atoms with Gasteiger partial charge in [-0.25, -0.2) is 8.78 Å². The van der Waals surface area contributed by atoms with Crippen LogP contribution in [0.3, 0.4) is 0 Å². The Bertz CT molecular complexity index is 628. The monoisotopic (exact) mass is 356 g/mol. The van der Waals surface area contributed by atoms with Crippen molar-refractivity contribution in [1.82, 2.24) is 0 Å². The molecule has 0 heterocycles. The molecule has 0 saturated heterocycles. The first-order chi connectivity index (χ1) is 11.6. The van der Waals surface area contributed by atoms with E-state index in [1.165, 1.54) is 6.07 Å². The third kappa shape index (κ3) is 6.20. The van der Waals surface area contributed by atoms with Crippen LogP contribution in [-0.2, 0) is 20.7 Å². The fourth-order valence-corrected chi connectivity index (χ4v) is 2.67. The van der Waals surface area contributed by atoms with Crippen LogP contribution >= 0.6 is 0 Å². The van der Waals surface area contributed by atoms with Crippen LogP contribution in [0.5, 0.6) is 0 Å². The molecule has 1 N–H and O–H groups in total. The molecule has 140 valence electrons. The van der Waals surface area contributed by atoms with Gasteiger partial charge in [-0.15, -0.1) is 0 Å². The quantitative estimate of drug-likeness (QED) is 0.543. The van der Waals surface area contributed by atoms with Gasteiger partial charge in [-0.3, -0.25) is 9.59 Å². The minimum atomic E-state index is -1.36. The number of ether oxygens (including phenoxy) is 1. The van der Waals surface area contributed by atoms with Crippen molar-refractivity contribution < 1.29 is 28.2 Å². The molecule has 1 aromatic rings. The van der Waals surface area contributed by atoms with Crippen LogP contribution in [0, 0.1) is 24.5 Å². The van der Waals surface area contributed by atoms with E-state index in [-0.39, 0.29) is 31.8 Å². The van der Waals surface area contributed by atoms with Crippen LogP contribution < -0.4 is 0 Å². The van der Waals surface area contributed by atoms with E-state index in [1.807, 2.05) is 0 Å². The van der Waals surface area contributed by atoms with E-state index in [9.17, 15) is 23.5 Å². The molecular weight excluding hydrogens is 330 g/mol. The maximum atomic E-state index is 13.6. The number of esters is 1. The molecule has 0 saturated carbocycles. The summed E-state index contributed by atoms with van der Waals surface area (Å²) in [7, 11) is 0. The van der Waals surface area contributed by atoms with Gasteiger partial charge in [0.2, 0.25) is 0 Å². The highest BCUT2D eigenvalue weighted by Gasteiger charge is 2.34. The van der Waals surface area contributed by atoms with Crippen molar-refractivity contribution in [3.05, 3.63) is 34.9 Å². The van der Waals surface area contributed by atoms with Crippen molar-refractivity contribution in [2.45, 2.75) is 59.0 Å². The van der Waals surface area contributed by atoms with Crippen LogP contribution in [0.2, 0.25) is 0 Å². The number of hydrogen-bond acceptors (Lipinski definition) is 4. The van der Waals surface area contributed by atoms with E-state index >= 15 is 0 Å². The molecule has 0 aliphatic heterocycles. The lowest BCUT2D eigenvalue weighted by Gasteiger charge is -2.32. The van der Waals surface area contributed by atoms with Crippen molar-refractivity contribution in [2.24, 2.45) is 5.92 Å². The average Bonchev–Trinajstić information content (AvgIpc) is 2.49. The van der Waals surface area contributed by atoms with E-state index in [2.05, 4.69) is 0 Å². The molecule has 0 aliphatic rings. The van der Waals surface area contributed by atoms with Gasteiger partial charge < -0.3 is 9.84 Å². The molecule has 0 unspecified atom stereocenters. The van der Waals surface area contributed by atoms with Crippen molar-refractivity contribution in [3.8, 4) is 0 Å². The van der Waals surface area contributed by atoms with Gasteiger partial charge in [0.15, 0.2) is 0 Å². The Labute approximate surface area is 147 Å². The topological polar surface area (TPSA) is 63.6 Å². The number of benzene rings is 1. The third-order valence-corrected chi connectivity index (χ3v) is 4.47. The normalized spacial score (nSPS) is 13.6. The van der Waals surface area contributed by atoms with Crippen LogP contribution in [0.25, 0.3) is 0 Å². The fourth-order valence-electron chi connectivity index (χ4n) is 2.67. The number of carbonyl (C=O) groups is 2. The van der Waals surface area contributed by atoms with Gasteiger partial charge in [-0.1, -0.05) is 13.8 Å². The van der Waals surface area contributed by atoms with E-state index < -0.39 is 35.4 Å². The first-order valence-electron chi connectivity index (χ1n) is 8.43. The highest BCUT2D eigenvalue weighted by atomic mass is 19.1. The number of carbonyl (C=O) groups excluding carboxylic acids is 2. The Morgan fingerprint density at radius 1 is 1.28 bits per heavy atom. The van der Waals surface area contributed by atoms with E-state index in [1.54, 1.807) is 27.7 Å². The first-order valence-corrected chi connectivity index (χ1v) is 8.43.